The normalized spacial score (nSPS) is 15.0. The Hall–Kier alpha value is -2.15. The third-order valence-electron chi connectivity index (χ3n) is 3.80. The van der Waals surface area contributed by atoms with Gasteiger partial charge in [-0.25, -0.2) is 4.79 Å². The maximum atomic E-state index is 12.1. The van der Waals surface area contributed by atoms with Crippen molar-refractivity contribution >= 4 is 23.5 Å². The molecule has 2 amide bonds. The first kappa shape index (κ1) is 16.7. The van der Waals surface area contributed by atoms with E-state index in [0.29, 0.717) is 13.2 Å². The summed E-state index contributed by atoms with van der Waals surface area (Å²) in [6, 6.07) is 9.45. The summed E-state index contributed by atoms with van der Waals surface area (Å²) < 4.78 is 7.53. The van der Waals surface area contributed by atoms with E-state index >= 15 is 0 Å². The van der Waals surface area contributed by atoms with Crippen LogP contribution in [0.4, 0.5) is 10.5 Å². The van der Waals surface area contributed by atoms with E-state index in [9.17, 15) is 4.79 Å². The van der Waals surface area contributed by atoms with E-state index in [1.54, 1.807) is 6.20 Å². The van der Waals surface area contributed by atoms with Crippen LogP contribution in [0.1, 0.15) is 12.8 Å². The summed E-state index contributed by atoms with van der Waals surface area (Å²) in [6.07, 6.45) is 5.72. The number of nitrogens with zero attached hydrogens (tertiary/aromatic N) is 2. The summed E-state index contributed by atoms with van der Waals surface area (Å²) >= 11 is 1.94. The van der Waals surface area contributed by atoms with Gasteiger partial charge in [0.2, 0.25) is 0 Å². The minimum Gasteiger partial charge on any atom is -0.492 e. The van der Waals surface area contributed by atoms with Crippen LogP contribution < -0.4 is 15.4 Å². The lowest BCUT2D eigenvalue weighted by Gasteiger charge is -2.22. The van der Waals surface area contributed by atoms with Crippen LogP contribution in [0, 0.1) is 0 Å². The minimum absolute atomic E-state index is 0.152. The lowest BCUT2D eigenvalue weighted by molar-refractivity contribution is 0.247. The Morgan fingerprint density at radius 2 is 2.21 bits per heavy atom. The van der Waals surface area contributed by atoms with E-state index in [4.69, 9.17) is 4.74 Å². The number of thioether (sulfide) groups is 1. The number of ether oxygens (including phenoxy) is 1. The summed E-state index contributed by atoms with van der Waals surface area (Å²) in [5, 5.41) is 10.0. The van der Waals surface area contributed by atoms with Crippen molar-refractivity contribution in [3.63, 3.8) is 0 Å². The van der Waals surface area contributed by atoms with E-state index in [0.717, 1.165) is 35.8 Å². The van der Waals surface area contributed by atoms with Crippen LogP contribution in [-0.2, 0) is 6.54 Å². The highest BCUT2D eigenvalue weighted by molar-refractivity contribution is 7.99. The molecular weight excluding hydrogens is 324 g/mol. The van der Waals surface area contributed by atoms with Gasteiger partial charge >= 0.3 is 6.03 Å². The standard InChI is InChI=1S/C17H22N4O2S/c22-17(19-14-5-11-24-12-6-14)20-15-3-1-4-16(13-15)23-10-9-21-8-2-7-18-21/h1-4,7-8,13-14H,5-6,9-12H2,(H2,19,20,22). The van der Waals surface area contributed by atoms with Gasteiger partial charge in [0, 0.05) is 30.2 Å². The molecule has 1 fully saturated rings. The number of carbonyl (C=O) groups excluding carboxylic acids is 1. The van der Waals surface area contributed by atoms with Gasteiger partial charge in [-0.2, -0.15) is 16.9 Å². The van der Waals surface area contributed by atoms with E-state index in [-0.39, 0.29) is 12.1 Å². The van der Waals surface area contributed by atoms with Gasteiger partial charge in [0.05, 0.1) is 6.54 Å². The highest BCUT2D eigenvalue weighted by Crippen LogP contribution is 2.19. The van der Waals surface area contributed by atoms with E-state index in [1.807, 2.05) is 53.0 Å². The number of anilines is 1. The van der Waals surface area contributed by atoms with Crippen molar-refractivity contribution in [3.8, 4) is 5.75 Å². The quantitative estimate of drug-likeness (QED) is 0.844. The zero-order chi connectivity index (χ0) is 16.6. The molecule has 1 aromatic carbocycles. The average molecular weight is 346 g/mol. The Morgan fingerprint density at radius 3 is 3.00 bits per heavy atom. The summed E-state index contributed by atoms with van der Waals surface area (Å²) in [7, 11) is 0. The maximum Gasteiger partial charge on any atom is 0.319 e. The number of amides is 2. The topological polar surface area (TPSA) is 68.2 Å². The molecule has 24 heavy (non-hydrogen) atoms. The fourth-order valence-electron chi connectivity index (χ4n) is 2.55. The van der Waals surface area contributed by atoms with Crippen LogP contribution >= 0.6 is 11.8 Å². The van der Waals surface area contributed by atoms with Crippen molar-refractivity contribution in [1.29, 1.82) is 0 Å². The molecule has 0 radical (unpaired) electrons. The second-order valence-corrected chi connectivity index (χ2v) is 6.86. The molecule has 2 N–H and O–H groups in total. The van der Waals surface area contributed by atoms with Gasteiger partial charge in [-0.3, -0.25) is 4.68 Å². The zero-order valence-corrected chi connectivity index (χ0v) is 14.3. The summed E-state index contributed by atoms with van der Waals surface area (Å²) in [5.41, 5.74) is 0.731. The first-order valence-electron chi connectivity index (χ1n) is 8.15. The highest BCUT2D eigenvalue weighted by atomic mass is 32.2. The van der Waals surface area contributed by atoms with E-state index < -0.39 is 0 Å². The van der Waals surface area contributed by atoms with Gasteiger partial charge in [0.25, 0.3) is 0 Å². The zero-order valence-electron chi connectivity index (χ0n) is 13.5. The predicted molar refractivity (Wildman–Crippen MR) is 96.7 cm³/mol. The van der Waals surface area contributed by atoms with Crippen LogP contribution in [0.5, 0.6) is 5.75 Å². The maximum absolute atomic E-state index is 12.1. The molecule has 2 aromatic rings. The second kappa shape index (κ2) is 8.63. The molecule has 2 heterocycles. The number of nitrogens with one attached hydrogen (secondary N) is 2. The number of carbonyl (C=O) groups is 1. The van der Waals surface area contributed by atoms with Gasteiger partial charge in [0.15, 0.2) is 0 Å². The van der Waals surface area contributed by atoms with Crippen molar-refractivity contribution in [2.75, 3.05) is 23.4 Å². The highest BCUT2D eigenvalue weighted by Gasteiger charge is 2.15. The van der Waals surface area contributed by atoms with Crippen LogP contribution in [0.3, 0.4) is 0 Å². The molecule has 0 spiro atoms. The Bertz CT molecular complexity index is 642. The monoisotopic (exact) mass is 346 g/mol. The third kappa shape index (κ3) is 5.19. The smallest absolute Gasteiger partial charge is 0.319 e. The van der Waals surface area contributed by atoms with E-state index in [1.165, 1.54) is 0 Å². The predicted octanol–water partition coefficient (Wildman–Crippen LogP) is 2.98. The van der Waals surface area contributed by atoms with Gasteiger partial charge in [0.1, 0.15) is 12.4 Å². The lowest BCUT2D eigenvalue weighted by Crippen LogP contribution is -2.39. The number of aromatic nitrogens is 2. The molecule has 0 saturated carbocycles. The molecule has 3 rings (SSSR count). The number of hydrogen-bond donors (Lipinski definition) is 2. The van der Waals surface area contributed by atoms with Crippen LogP contribution in [0.25, 0.3) is 0 Å². The summed E-state index contributed by atoms with van der Waals surface area (Å²) in [5.74, 6) is 2.96. The van der Waals surface area contributed by atoms with Crippen molar-refractivity contribution in [2.24, 2.45) is 0 Å². The molecule has 1 saturated heterocycles. The molecule has 1 aliphatic rings. The average Bonchev–Trinajstić information content (AvgIpc) is 3.09. The van der Waals surface area contributed by atoms with Gasteiger partial charge < -0.3 is 15.4 Å². The van der Waals surface area contributed by atoms with Crippen molar-refractivity contribution in [1.82, 2.24) is 15.1 Å². The van der Waals surface area contributed by atoms with Gasteiger partial charge in [-0.1, -0.05) is 6.07 Å². The third-order valence-corrected chi connectivity index (χ3v) is 4.85. The summed E-state index contributed by atoms with van der Waals surface area (Å²) in [6.45, 7) is 1.21. The molecular formula is C17H22N4O2S. The Balaban J connectivity index is 1.46. The summed E-state index contributed by atoms with van der Waals surface area (Å²) in [4.78, 5) is 12.1. The molecule has 6 nitrogen and oxygen atoms in total. The number of urea groups is 1. The van der Waals surface area contributed by atoms with Crippen molar-refractivity contribution in [2.45, 2.75) is 25.4 Å². The molecule has 0 bridgehead atoms. The van der Waals surface area contributed by atoms with Crippen LogP contribution in [0.15, 0.2) is 42.7 Å². The molecule has 0 aliphatic carbocycles. The van der Waals surface area contributed by atoms with E-state index in [2.05, 4.69) is 15.7 Å². The van der Waals surface area contributed by atoms with Gasteiger partial charge in [-0.15, -0.1) is 0 Å². The number of hydrogen-bond acceptors (Lipinski definition) is 4. The first-order chi connectivity index (χ1) is 11.8. The Morgan fingerprint density at radius 1 is 1.33 bits per heavy atom. The molecule has 1 aliphatic heterocycles. The molecule has 0 atom stereocenters. The van der Waals surface area contributed by atoms with Gasteiger partial charge in [-0.05, 0) is 42.5 Å². The molecule has 1 aromatic heterocycles. The largest absolute Gasteiger partial charge is 0.492 e. The first-order valence-corrected chi connectivity index (χ1v) is 9.30. The minimum atomic E-state index is -0.152. The molecule has 7 heteroatoms. The fraction of sp³-hybridized carbons (Fsp3) is 0.412. The number of rotatable bonds is 6. The fourth-order valence-corrected chi connectivity index (χ4v) is 3.65. The SMILES string of the molecule is O=C(Nc1cccc(OCCn2cccn2)c1)NC1CCSCC1. The number of benzene rings is 1. The van der Waals surface area contributed by atoms with Crippen LogP contribution in [-0.4, -0.2) is 40.0 Å². The van der Waals surface area contributed by atoms with Crippen LogP contribution in [0.2, 0.25) is 0 Å². The second-order valence-electron chi connectivity index (χ2n) is 5.63. The van der Waals surface area contributed by atoms with Crippen molar-refractivity contribution < 1.29 is 9.53 Å². The van der Waals surface area contributed by atoms with Crippen molar-refractivity contribution in [3.05, 3.63) is 42.7 Å². The lowest BCUT2D eigenvalue weighted by atomic mass is 10.2. The molecule has 128 valence electrons. The molecule has 0 unspecified atom stereocenters. The Kier molecular flexibility index (Phi) is 6.01. The Labute approximate surface area is 146 Å².